The van der Waals surface area contributed by atoms with Crippen LogP contribution in [0.2, 0.25) is 0 Å². The van der Waals surface area contributed by atoms with Gasteiger partial charge in [0.05, 0.1) is 0 Å². The molecular weight excluding hydrogens is 238 g/mol. The Hall–Kier alpha value is -2.04. The van der Waals surface area contributed by atoms with Crippen LogP contribution in [0.1, 0.15) is 31.5 Å². The Balaban J connectivity index is 2.44. The number of hydrogen-bond donors (Lipinski definition) is 1. The second-order valence-corrected chi connectivity index (χ2v) is 4.33. The number of aromatic nitrogens is 4. The summed E-state index contributed by atoms with van der Waals surface area (Å²) in [7, 11) is 0. The maximum absolute atomic E-state index is 4.60. The molecule has 19 heavy (non-hydrogen) atoms. The van der Waals surface area contributed by atoms with Crippen molar-refractivity contribution in [3.8, 4) is 11.5 Å². The molecule has 0 aliphatic carbocycles. The van der Waals surface area contributed by atoms with E-state index in [9.17, 15) is 0 Å². The van der Waals surface area contributed by atoms with E-state index in [0.29, 0.717) is 5.82 Å². The average Bonchev–Trinajstić information content (AvgIpc) is 2.45. The van der Waals surface area contributed by atoms with Crippen LogP contribution in [-0.2, 0) is 6.42 Å². The van der Waals surface area contributed by atoms with E-state index >= 15 is 0 Å². The van der Waals surface area contributed by atoms with Crippen molar-refractivity contribution in [3.05, 3.63) is 29.8 Å². The summed E-state index contributed by atoms with van der Waals surface area (Å²) < 4.78 is 0. The highest BCUT2D eigenvalue weighted by molar-refractivity contribution is 5.56. The summed E-state index contributed by atoms with van der Waals surface area (Å²) in [5, 5.41) is 3.37. The number of hydrogen-bond acceptors (Lipinski definition) is 5. The quantitative estimate of drug-likeness (QED) is 0.892. The molecule has 0 aliphatic heterocycles. The Morgan fingerprint density at radius 1 is 1.21 bits per heavy atom. The van der Waals surface area contributed by atoms with Crippen molar-refractivity contribution in [1.29, 1.82) is 0 Å². The number of rotatable bonds is 5. The van der Waals surface area contributed by atoms with Crippen molar-refractivity contribution < 1.29 is 0 Å². The Morgan fingerprint density at radius 3 is 2.68 bits per heavy atom. The molecule has 0 unspecified atom stereocenters. The summed E-state index contributed by atoms with van der Waals surface area (Å²) in [6.07, 6.45) is 5.20. The summed E-state index contributed by atoms with van der Waals surface area (Å²) in [4.78, 5) is 17.3. The lowest BCUT2D eigenvalue weighted by molar-refractivity contribution is 0.935. The Labute approximate surface area is 113 Å². The zero-order valence-corrected chi connectivity index (χ0v) is 11.6. The van der Waals surface area contributed by atoms with Crippen molar-refractivity contribution in [1.82, 2.24) is 19.9 Å². The van der Waals surface area contributed by atoms with Gasteiger partial charge in [0, 0.05) is 24.0 Å². The third kappa shape index (κ3) is 3.05. The first-order chi connectivity index (χ1) is 9.26. The first kappa shape index (κ1) is 13.4. The fourth-order valence-electron chi connectivity index (χ4n) is 1.95. The average molecular weight is 257 g/mol. The number of aryl methyl sites for hydroxylation is 1. The van der Waals surface area contributed by atoms with Gasteiger partial charge >= 0.3 is 0 Å². The van der Waals surface area contributed by atoms with Crippen molar-refractivity contribution >= 4 is 5.82 Å². The molecule has 2 aromatic heterocycles. The third-order valence-corrected chi connectivity index (χ3v) is 2.92. The molecule has 0 saturated carbocycles. The van der Waals surface area contributed by atoms with Gasteiger partial charge in [-0.15, -0.1) is 0 Å². The van der Waals surface area contributed by atoms with E-state index in [-0.39, 0.29) is 0 Å². The van der Waals surface area contributed by atoms with Crippen molar-refractivity contribution in [3.63, 3.8) is 0 Å². The predicted molar refractivity (Wildman–Crippen MR) is 76.0 cm³/mol. The second kappa shape index (κ2) is 6.22. The van der Waals surface area contributed by atoms with Crippen molar-refractivity contribution in [2.75, 3.05) is 11.9 Å². The van der Waals surface area contributed by atoms with E-state index in [4.69, 9.17) is 0 Å². The van der Waals surface area contributed by atoms with Gasteiger partial charge in [-0.1, -0.05) is 13.8 Å². The maximum Gasteiger partial charge on any atom is 0.180 e. The molecule has 2 rings (SSSR count). The van der Waals surface area contributed by atoms with Gasteiger partial charge in [-0.3, -0.25) is 0 Å². The van der Waals surface area contributed by atoms with Gasteiger partial charge < -0.3 is 5.32 Å². The lowest BCUT2D eigenvalue weighted by Crippen LogP contribution is -2.09. The van der Waals surface area contributed by atoms with Gasteiger partial charge in [-0.2, -0.15) is 0 Å². The summed E-state index contributed by atoms with van der Waals surface area (Å²) >= 11 is 0. The van der Waals surface area contributed by atoms with E-state index in [0.717, 1.165) is 36.6 Å². The minimum Gasteiger partial charge on any atom is -0.370 e. The molecule has 0 radical (unpaired) electrons. The molecule has 0 saturated heterocycles. The molecular formula is C14H19N5. The summed E-state index contributed by atoms with van der Waals surface area (Å²) in [5.41, 5.74) is 2.93. The third-order valence-electron chi connectivity index (χ3n) is 2.92. The van der Waals surface area contributed by atoms with Crippen molar-refractivity contribution in [2.45, 2.75) is 33.6 Å². The molecule has 0 aromatic carbocycles. The van der Waals surface area contributed by atoms with Gasteiger partial charge in [0.1, 0.15) is 17.8 Å². The van der Waals surface area contributed by atoms with Crippen LogP contribution in [0, 0.1) is 6.92 Å². The van der Waals surface area contributed by atoms with E-state index in [2.05, 4.69) is 39.1 Å². The molecule has 0 atom stereocenters. The molecule has 0 aliphatic rings. The normalized spacial score (nSPS) is 10.5. The van der Waals surface area contributed by atoms with E-state index in [1.54, 1.807) is 6.20 Å². The molecule has 0 amide bonds. The number of nitrogens with one attached hydrogen (secondary N) is 1. The molecule has 5 nitrogen and oxygen atoms in total. The fraction of sp³-hybridized carbons (Fsp3) is 0.429. The smallest absolute Gasteiger partial charge is 0.180 e. The summed E-state index contributed by atoms with van der Waals surface area (Å²) in [6, 6.07) is 1.82. The zero-order valence-electron chi connectivity index (χ0n) is 11.6. The minimum absolute atomic E-state index is 0.649. The Kier molecular flexibility index (Phi) is 4.39. The lowest BCUT2D eigenvalue weighted by atomic mass is 10.1. The highest BCUT2D eigenvalue weighted by Gasteiger charge is 2.11. The fourth-order valence-corrected chi connectivity index (χ4v) is 1.95. The number of anilines is 1. The summed E-state index contributed by atoms with van der Waals surface area (Å²) in [5.74, 6) is 1.57. The molecule has 1 N–H and O–H groups in total. The second-order valence-electron chi connectivity index (χ2n) is 4.33. The maximum atomic E-state index is 4.60. The van der Waals surface area contributed by atoms with Gasteiger partial charge in [0.25, 0.3) is 0 Å². The van der Waals surface area contributed by atoms with Crippen LogP contribution in [0.3, 0.4) is 0 Å². The largest absolute Gasteiger partial charge is 0.370 e. The van der Waals surface area contributed by atoms with Crippen LogP contribution in [-0.4, -0.2) is 26.5 Å². The highest BCUT2D eigenvalue weighted by Crippen LogP contribution is 2.21. The molecule has 100 valence electrons. The molecule has 0 spiro atoms. The van der Waals surface area contributed by atoms with Crippen LogP contribution in [0.15, 0.2) is 18.6 Å². The molecule has 2 aromatic rings. The topological polar surface area (TPSA) is 63.6 Å². The molecule has 2 heterocycles. The number of nitrogens with zero attached hydrogens (tertiary/aromatic N) is 4. The summed E-state index contributed by atoms with van der Waals surface area (Å²) in [6.45, 7) is 7.18. The first-order valence-corrected chi connectivity index (χ1v) is 6.64. The molecule has 0 bridgehead atoms. The van der Waals surface area contributed by atoms with E-state index < -0.39 is 0 Å². The van der Waals surface area contributed by atoms with Crippen LogP contribution in [0.25, 0.3) is 11.5 Å². The highest BCUT2D eigenvalue weighted by atomic mass is 15.0. The SMILES string of the molecule is CCCNc1nc(-c2ccncn2)nc(C)c1CC. The standard InChI is InChI=1S/C14H19N5/c1-4-7-16-13-11(5-2)10(3)18-14(19-13)12-6-8-15-9-17-12/h6,8-9H,4-5,7H2,1-3H3,(H,16,18,19). The van der Waals surface area contributed by atoms with Crippen molar-refractivity contribution in [2.24, 2.45) is 0 Å². The molecule has 0 fully saturated rings. The van der Waals surface area contributed by atoms with Crippen LogP contribution >= 0.6 is 0 Å². The van der Waals surface area contributed by atoms with Crippen LogP contribution < -0.4 is 5.32 Å². The molecule has 5 heteroatoms. The van der Waals surface area contributed by atoms with Crippen LogP contribution in [0.4, 0.5) is 5.82 Å². The van der Waals surface area contributed by atoms with Gasteiger partial charge in [0.2, 0.25) is 0 Å². The Morgan fingerprint density at radius 2 is 2.05 bits per heavy atom. The minimum atomic E-state index is 0.649. The Bertz CT molecular complexity index is 539. The lowest BCUT2D eigenvalue weighted by Gasteiger charge is -2.13. The van der Waals surface area contributed by atoms with Crippen LogP contribution in [0.5, 0.6) is 0 Å². The van der Waals surface area contributed by atoms with E-state index in [1.807, 2.05) is 13.0 Å². The van der Waals surface area contributed by atoms with Gasteiger partial charge in [0.15, 0.2) is 5.82 Å². The first-order valence-electron chi connectivity index (χ1n) is 6.64. The zero-order chi connectivity index (χ0) is 13.7. The van der Waals surface area contributed by atoms with Gasteiger partial charge in [-0.05, 0) is 25.8 Å². The predicted octanol–water partition coefficient (Wildman–Crippen LogP) is 2.63. The van der Waals surface area contributed by atoms with E-state index in [1.165, 1.54) is 11.9 Å². The van der Waals surface area contributed by atoms with Gasteiger partial charge in [-0.25, -0.2) is 19.9 Å². The monoisotopic (exact) mass is 257 g/mol.